The smallest absolute Gasteiger partial charge is 0.417 e. The number of halogens is 4. The van der Waals surface area contributed by atoms with Crippen LogP contribution in [0, 0.1) is 0 Å². The molecule has 1 rings (SSSR count). The lowest BCUT2D eigenvalue weighted by molar-refractivity contribution is -0.137. The summed E-state index contributed by atoms with van der Waals surface area (Å²) in [7, 11) is 0. The summed E-state index contributed by atoms with van der Waals surface area (Å²) < 4.78 is 43.3. The molecule has 0 saturated heterocycles. The van der Waals surface area contributed by atoms with Crippen molar-refractivity contribution < 1.29 is 27.5 Å². The minimum atomic E-state index is -4.66. The van der Waals surface area contributed by atoms with E-state index in [0.29, 0.717) is 6.29 Å². The highest BCUT2D eigenvalue weighted by Gasteiger charge is 2.34. The molecule has 0 saturated carbocycles. The lowest BCUT2D eigenvalue weighted by atomic mass is 10.0. The van der Waals surface area contributed by atoms with E-state index in [-0.39, 0.29) is 5.56 Å². The molecular formula is C14H15ClF3NO3. The first kappa shape index (κ1) is 18.3. The van der Waals surface area contributed by atoms with Crippen LogP contribution in [0.25, 0.3) is 0 Å². The van der Waals surface area contributed by atoms with Crippen LogP contribution in [0.5, 0.6) is 0 Å². The SMILES string of the molecule is CC(C)(C)OC(=O)NC(C=O)c1ccc(Cl)c(C(F)(F)F)c1. The fourth-order valence-corrected chi connectivity index (χ4v) is 1.81. The van der Waals surface area contributed by atoms with Gasteiger partial charge in [0, 0.05) is 0 Å². The van der Waals surface area contributed by atoms with Crippen LogP contribution < -0.4 is 5.32 Å². The molecule has 1 aromatic rings. The molecule has 0 bridgehead atoms. The van der Waals surface area contributed by atoms with Crippen molar-refractivity contribution >= 4 is 24.0 Å². The molecular weight excluding hydrogens is 323 g/mol. The Morgan fingerprint density at radius 1 is 1.32 bits per heavy atom. The van der Waals surface area contributed by atoms with Crippen LogP contribution in [-0.4, -0.2) is 18.0 Å². The maximum Gasteiger partial charge on any atom is 0.417 e. The van der Waals surface area contributed by atoms with Crippen LogP contribution >= 0.6 is 11.6 Å². The monoisotopic (exact) mass is 337 g/mol. The molecule has 0 fully saturated rings. The summed E-state index contributed by atoms with van der Waals surface area (Å²) in [6.45, 7) is 4.85. The molecule has 0 radical (unpaired) electrons. The minimum Gasteiger partial charge on any atom is -0.444 e. The number of hydrogen-bond acceptors (Lipinski definition) is 3. The topological polar surface area (TPSA) is 55.4 Å². The number of amides is 1. The molecule has 1 amide bonds. The first-order chi connectivity index (χ1) is 9.94. The number of alkyl halides is 3. The number of nitrogens with one attached hydrogen (secondary N) is 1. The van der Waals surface area contributed by atoms with Crippen molar-refractivity contribution in [1.29, 1.82) is 0 Å². The van der Waals surface area contributed by atoms with E-state index in [1.54, 1.807) is 20.8 Å². The highest BCUT2D eigenvalue weighted by Crippen LogP contribution is 2.36. The summed E-state index contributed by atoms with van der Waals surface area (Å²) in [5.74, 6) is 0. The standard InChI is InChI=1S/C14H15ClF3NO3/c1-13(2,3)22-12(21)19-11(7-20)8-4-5-10(15)9(6-8)14(16,17)18/h4-7,11H,1-3H3,(H,19,21). The fraction of sp³-hybridized carbons (Fsp3) is 0.429. The maximum absolute atomic E-state index is 12.8. The molecule has 1 aromatic carbocycles. The third-order valence-corrected chi connectivity index (χ3v) is 2.79. The Morgan fingerprint density at radius 2 is 1.91 bits per heavy atom. The van der Waals surface area contributed by atoms with Gasteiger partial charge < -0.3 is 14.8 Å². The van der Waals surface area contributed by atoms with Crippen molar-refractivity contribution in [2.45, 2.75) is 38.6 Å². The molecule has 4 nitrogen and oxygen atoms in total. The molecule has 1 atom stereocenters. The van der Waals surface area contributed by atoms with E-state index in [1.807, 2.05) is 0 Å². The molecule has 0 heterocycles. The Balaban J connectivity index is 3.01. The van der Waals surface area contributed by atoms with E-state index in [2.05, 4.69) is 5.32 Å². The number of ether oxygens (including phenoxy) is 1. The zero-order valence-corrected chi connectivity index (χ0v) is 12.9. The van der Waals surface area contributed by atoms with Crippen LogP contribution in [0.2, 0.25) is 5.02 Å². The normalized spacial score (nSPS) is 13.4. The van der Waals surface area contributed by atoms with E-state index in [1.165, 1.54) is 6.07 Å². The maximum atomic E-state index is 12.8. The van der Waals surface area contributed by atoms with Gasteiger partial charge in [-0.2, -0.15) is 13.2 Å². The van der Waals surface area contributed by atoms with E-state index in [4.69, 9.17) is 16.3 Å². The highest BCUT2D eigenvalue weighted by atomic mass is 35.5. The predicted octanol–water partition coefficient (Wildman–Crippen LogP) is 4.12. The molecule has 0 aliphatic rings. The number of carbonyl (C=O) groups excluding carboxylic acids is 2. The third-order valence-electron chi connectivity index (χ3n) is 2.46. The number of hydrogen-bond donors (Lipinski definition) is 1. The Labute approximate surface area is 130 Å². The summed E-state index contributed by atoms with van der Waals surface area (Å²) in [6, 6.07) is 1.70. The Morgan fingerprint density at radius 3 is 2.36 bits per heavy atom. The molecule has 0 spiro atoms. The van der Waals surface area contributed by atoms with Gasteiger partial charge in [-0.1, -0.05) is 17.7 Å². The van der Waals surface area contributed by atoms with Crippen LogP contribution in [0.1, 0.15) is 37.9 Å². The minimum absolute atomic E-state index is 0.0439. The van der Waals surface area contributed by atoms with Gasteiger partial charge >= 0.3 is 12.3 Å². The van der Waals surface area contributed by atoms with Gasteiger partial charge in [-0.3, -0.25) is 0 Å². The van der Waals surface area contributed by atoms with E-state index >= 15 is 0 Å². The van der Waals surface area contributed by atoms with Crippen molar-refractivity contribution in [2.75, 3.05) is 0 Å². The van der Waals surface area contributed by atoms with Gasteiger partial charge in [0.25, 0.3) is 0 Å². The van der Waals surface area contributed by atoms with Crippen molar-refractivity contribution in [3.63, 3.8) is 0 Å². The predicted molar refractivity (Wildman–Crippen MR) is 74.6 cm³/mol. The van der Waals surface area contributed by atoms with Crippen molar-refractivity contribution in [1.82, 2.24) is 5.32 Å². The van der Waals surface area contributed by atoms with Gasteiger partial charge in [0.05, 0.1) is 10.6 Å². The van der Waals surface area contributed by atoms with Crippen LogP contribution in [0.4, 0.5) is 18.0 Å². The van der Waals surface area contributed by atoms with Crippen molar-refractivity contribution in [3.05, 3.63) is 34.3 Å². The van der Waals surface area contributed by atoms with E-state index < -0.39 is 34.5 Å². The molecule has 0 aliphatic carbocycles. The average Bonchev–Trinajstić information content (AvgIpc) is 2.33. The Bertz CT molecular complexity index is 567. The van der Waals surface area contributed by atoms with E-state index in [0.717, 1.165) is 12.1 Å². The number of rotatable bonds is 3. The molecule has 1 unspecified atom stereocenters. The second-order valence-corrected chi connectivity index (χ2v) is 5.90. The highest BCUT2D eigenvalue weighted by molar-refractivity contribution is 6.31. The van der Waals surface area contributed by atoms with Crippen LogP contribution in [0.3, 0.4) is 0 Å². The molecule has 0 aliphatic heterocycles. The fourth-order valence-electron chi connectivity index (χ4n) is 1.58. The number of carbonyl (C=O) groups is 2. The zero-order valence-electron chi connectivity index (χ0n) is 12.1. The molecule has 8 heteroatoms. The third kappa shape index (κ3) is 5.22. The van der Waals surface area contributed by atoms with Crippen molar-refractivity contribution in [3.8, 4) is 0 Å². The number of aldehydes is 1. The summed E-state index contributed by atoms with van der Waals surface area (Å²) in [6.07, 6.45) is -5.26. The van der Waals surface area contributed by atoms with Gasteiger partial charge in [-0.15, -0.1) is 0 Å². The van der Waals surface area contributed by atoms with Gasteiger partial charge in [-0.25, -0.2) is 4.79 Å². The summed E-state index contributed by atoms with van der Waals surface area (Å²) in [5.41, 5.74) is -1.92. The molecule has 22 heavy (non-hydrogen) atoms. The lowest BCUT2D eigenvalue weighted by Crippen LogP contribution is -2.35. The zero-order chi connectivity index (χ0) is 17.1. The summed E-state index contributed by atoms with van der Waals surface area (Å²) in [4.78, 5) is 22.7. The Kier molecular flexibility index (Phi) is 5.45. The van der Waals surface area contributed by atoms with Crippen LogP contribution in [0.15, 0.2) is 18.2 Å². The van der Waals surface area contributed by atoms with Crippen LogP contribution in [-0.2, 0) is 15.7 Å². The average molecular weight is 338 g/mol. The molecule has 0 aromatic heterocycles. The second kappa shape index (κ2) is 6.56. The van der Waals surface area contributed by atoms with Gasteiger partial charge in [0.2, 0.25) is 0 Å². The van der Waals surface area contributed by atoms with Gasteiger partial charge in [-0.05, 0) is 38.5 Å². The Hall–Kier alpha value is -1.76. The quantitative estimate of drug-likeness (QED) is 0.844. The lowest BCUT2D eigenvalue weighted by Gasteiger charge is -2.22. The van der Waals surface area contributed by atoms with Crippen molar-refractivity contribution in [2.24, 2.45) is 0 Å². The number of benzene rings is 1. The summed E-state index contributed by atoms with van der Waals surface area (Å²) >= 11 is 5.50. The first-order valence-electron chi connectivity index (χ1n) is 6.25. The summed E-state index contributed by atoms with van der Waals surface area (Å²) in [5, 5.41) is 1.71. The molecule has 122 valence electrons. The second-order valence-electron chi connectivity index (χ2n) is 5.50. The largest absolute Gasteiger partial charge is 0.444 e. The van der Waals surface area contributed by atoms with Gasteiger partial charge in [0.1, 0.15) is 17.9 Å². The molecule has 1 N–H and O–H groups in total. The first-order valence-corrected chi connectivity index (χ1v) is 6.63. The van der Waals surface area contributed by atoms with E-state index in [9.17, 15) is 22.8 Å². The number of alkyl carbamates (subject to hydrolysis) is 1. The van der Waals surface area contributed by atoms with Gasteiger partial charge in [0.15, 0.2) is 0 Å².